The number of carbonyl (C=O) groups excluding carboxylic acids is 3. The molecule has 2 N–H and O–H groups in total. The second-order valence-corrected chi connectivity index (χ2v) is 15.0. The molecule has 0 bridgehead atoms. The molecule has 0 saturated carbocycles. The topological polar surface area (TPSA) is 187 Å². The number of hydrogen-bond acceptors (Lipinski definition) is 15. The van der Waals surface area contributed by atoms with Gasteiger partial charge in [0.2, 0.25) is 0 Å². The summed E-state index contributed by atoms with van der Waals surface area (Å²) in [4.78, 5) is 38.7. The number of methoxy groups -OCH3 is 2. The molecule has 18 atom stereocenters. The predicted molar refractivity (Wildman–Crippen MR) is 181 cm³/mol. The molecule has 5 heterocycles. The quantitative estimate of drug-likeness (QED) is 0.286. The highest BCUT2D eigenvalue weighted by molar-refractivity contribution is 5.91. The van der Waals surface area contributed by atoms with Gasteiger partial charge in [-0.15, -0.1) is 0 Å². The lowest BCUT2D eigenvalue weighted by atomic mass is 9.82. The third-order valence-electron chi connectivity index (χ3n) is 11.2. The zero-order valence-corrected chi connectivity index (χ0v) is 31.4. The number of ketones is 1. The van der Waals surface area contributed by atoms with Gasteiger partial charge < -0.3 is 57.6 Å². The summed E-state index contributed by atoms with van der Waals surface area (Å²) < 4.78 is 58.3. The fraction of sp³-hybridized carbons (Fsp3) is 0.811. The second-order valence-electron chi connectivity index (χ2n) is 15.0. The Bertz CT molecular complexity index is 1320. The van der Waals surface area contributed by atoms with Crippen LogP contribution in [0.2, 0.25) is 0 Å². The number of carbonyl (C=O) groups is 3. The highest BCUT2D eigenvalue weighted by Crippen LogP contribution is 2.42. The molecule has 15 nitrogen and oxygen atoms in total. The van der Waals surface area contributed by atoms with E-state index in [0.29, 0.717) is 6.42 Å². The number of rotatable bonds is 7. The first kappa shape index (κ1) is 40.7. The van der Waals surface area contributed by atoms with E-state index in [-0.39, 0.29) is 24.7 Å². The monoisotopic (exact) mass is 740 g/mol. The summed E-state index contributed by atoms with van der Waals surface area (Å²) in [5, 5.41) is 22.0. The summed E-state index contributed by atoms with van der Waals surface area (Å²) in [7, 11) is 2.96. The van der Waals surface area contributed by atoms with Gasteiger partial charge in [0, 0.05) is 44.5 Å². The number of aliphatic hydroxyl groups excluding tert-OH is 2. The lowest BCUT2D eigenvalue weighted by Gasteiger charge is -2.46. The van der Waals surface area contributed by atoms with Crippen molar-refractivity contribution in [2.24, 2.45) is 23.7 Å². The number of hydrogen-bond donors (Lipinski definition) is 2. The van der Waals surface area contributed by atoms with Crippen LogP contribution in [0.25, 0.3) is 0 Å². The highest BCUT2D eigenvalue weighted by atomic mass is 16.8. The molecular weight excluding hydrogens is 684 g/mol. The van der Waals surface area contributed by atoms with Crippen molar-refractivity contribution in [3.05, 3.63) is 24.3 Å². The minimum absolute atomic E-state index is 0.0493. The number of fused-ring (bicyclic) bond motifs is 1. The van der Waals surface area contributed by atoms with Gasteiger partial charge in [0.15, 0.2) is 24.0 Å². The normalized spacial score (nSPS) is 48.7. The van der Waals surface area contributed by atoms with Gasteiger partial charge >= 0.3 is 12.1 Å². The maximum atomic E-state index is 13.4. The molecule has 0 radical (unpaired) electrons. The van der Waals surface area contributed by atoms with Crippen LogP contribution in [-0.2, 0) is 57.0 Å². The van der Waals surface area contributed by atoms with Crippen LogP contribution in [0.1, 0.15) is 61.3 Å². The van der Waals surface area contributed by atoms with Crippen molar-refractivity contribution < 1.29 is 72.0 Å². The molecule has 294 valence electrons. The highest BCUT2D eigenvalue weighted by Gasteiger charge is 2.61. The molecule has 0 aromatic rings. The summed E-state index contributed by atoms with van der Waals surface area (Å²) >= 11 is 0. The standard InChI is InChI=1S/C37H56O15/c1-17-10-13-27(39)47-21(5)24(16-45-34-32(44-9)31(43-8)28(40)22(6)48-34)30-26(50-30)12-11-25(38)18(2)14-19(3)29(17)51-35-33(41)37(15-20(4)46-35)23(7)49-36(42)52-37/h10-13,17-24,26,28-35,40-41H,14-16H2,1-9H3/b12-11+,13-10+/t17-,18+,19-,20+,21+,22+,23-,24+,26-,28+,29+,30+,31+,32+,33-,34+,35-,37?/m0/s1. The van der Waals surface area contributed by atoms with Gasteiger partial charge in [0.05, 0.1) is 31.0 Å². The van der Waals surface area contributed by atoms with E-state index in [2.05, 4.69) is 0 Å². The minimum Gasteiger partial charge on any atom is -0.459 e. The third kappa shape index (κ3) is 8.74. The Morgan fingerprint density at radius 1 is 0.827 bits per heavy atom. The summed E-state index contributed by atoms with van der Waals surface area (Å²) in [5.74, 6) is -2.20. The van der Waals surface area contributed by atoms with Crippen LogP contribution in [0.15, 0.2) is 24.3 Å². The van der Waals surface area contributed by atoms with E-state index in [4.69, 9.17) is 47.4 Å². The molecule has 0 amide bonds. The van der Waals surface area contributed by atoms with Crippen LogP contribution >= 0.6 is 0 Å². The Hall–Kier alpha value is -2.47. The van der Waals surface area contributed by atoms with E-state index in [9.17, 15) is 24.6 Å². The zero-order valence-electron chi connectivity index (χ0n) is 31.4. The van der Waals surface area contributed by atoms with Crippen LogP contribution in [-0.4, -0.2) is 134 Å². The van der Waals surface area contributed by atoms with Gasteiger partial charge in [0.25, 0.3) is 0 Å². The van der Waals surface area contributed by atoms with E-state index < -0.39 is 115 Å². The Morgan fingerprint density at radius 3 is 2.19 bits per heavy atom. The number of epoxide rings is 1. The fourth-order valence-corrected chi connectivity index (χ4v) is 7.99. The van der Waals surface area contributed by atoms with Crippen molar-refractivity contribution in [2.45, 2.75) is 147 Å². The predicted octanol–water partition coefficient (Wildman–Crippen LogP) is 2.62. The lowest BCUT2D eigenvalue weighted by Crippen LogP contribution is -2.62. The Labute approximate surface area is 305 Å². The van der Waals surface area contributed by atoms with Gasteiger partial charge in [-0.1, -0.05) is 26.8 Å². The molecule has 1 unspecified atom stereocenters. The molecule has 4 fully saturated rings. The molecule has 4 saturated heterocycles. The first-order chi connectivity index (χ1) is 24.6. The molecule has 1 spiro atoms. The second kappa shape index (κ2) is 16.9. The largest absolute Gasteiger partial charge is 0.509 e. The molecule has 5 aliphatic heterocycles. The number of allylic oxidation sites excluding steroid dienone is 1. The maximum absolute atomic E-state index is 13.4. The number of esters is 1. The van der Waals surface area contributed by atoms with Gasteiger partial charge in [0.1, 0.15) is 42.7 Å². The molecule has 5 aliphatic rings. The lowest BCUT2D eigenvalue weighted by molar-refractivity contribution is -0.308. The van der Waals surface area contributed by atoms with Crippen molar-refractivity contribution >= 4 is 17.9 Å². The van der Waals surface area contributed by atoms with Crippen LogP contribution in [0.4, 0.5) is 4.79 Å². The fourth-order valence-electron chi connectivity index (χ4n) is 7.99. The van der Waals surface area contributed by atoms with Crippen molar-refractivity contribution in [1.82, 2.24) is 0 Å². The number of ether oxygens (including phenoxy) is 10. The summed E-state index contributed by atoms with van der Waals surface area (Å²) in [6.07, 6.45) is -3.65. The van der Waals surface area contributed by atoms with Crippen LogP contribution in [0.3, 0.4) is 0 Å². The smallest absolute Gasteiger partial charge is 0.459 e. The zero-order chi connectivity index (χ0) is 38.1. The Balaban J connectivity index is 1.34. The molecule has 15 heteroatoms. The number of cyclic esters (lactones) is 2. The molecule has 0 aromatic heterocycles. The SMILES string of the molecule is CO[C@@H]1[C@H](O)[C@@H](C)O[C@@H](OC[C@H]2[C@H]3O[C@H]3/C=C/C(=O)[C@H](C)C[C@H](C)[C@H](O[C@@H]3O[C@H](C)CC4(OC(=O)O[C@H]4C)[C@H]3O)[C@@H](C)/C=C/C(=O)O[C@@H]2C)[C@@H]1OC. The van der Waals surface area contributed by atoms with Crippen LogP contribution in [0, 0.1) is 23.7 Å². The number of aliphatic hydroxyl groups is 2. The van der Waals surface area contributed by atoms with E-state index in [1.807, 2.05) is 20.8 Å². The van der Waals surface area contributed by atoms with Crippen molar-refractivity contribution in [3.8, 4) is 0 Å². The summed E-state index contributed by atoms with van der Waals surface area (Å²) in [5.41, 5.74) is -1.35. The first-order valence-corrected chi connectivity index (χ1v) is 18.3. The minimum atomic E-state index is -1.36. The maximum Gasteiger partial charge on any atom is 0.509 e. The molecule has 0 aliphatic carbocycles. The summed E-state index contributed by atoms with van der Waals surface area (Å²) in [6, 6.07) is 0. The van der Waals surface area contributed by atoms with Crippen molar-refractivity contribution in [1.29, 1.82) is 0 Å². The van der Waals surface area contributed by atoms with E-state index in [1.165, 1.54) is 26.4 Å². The average molecular weight is 741 g/mol. The Kier molecular flexibility index (Phi) is 13.2. The molecular formula is C37H56O15. The van der Waals surface area contributed by atoms with E-state index in [1.54, 1.807) is 39.8 Å². The average Bonchev–Trinajstić information content (AvgIpc) is 3.79. The van der Waals surface area contributed by atoms with Crippen molar-refractivity contribution in [3.63, 3.8) is 0 Å². The Morgan fingerprint density at radius 2 is 1.54 bits per heavy atom. The summed E-state index contributed by atoms with van der Waals surface area (Å²) in [6.45, 7) is 12.6. The van der Waals surface area contributed by atoms with E-state index >= 15 is 0 Å². The van der Waals surface area contributed by atoms with Crippen molar-refractivity contribution in [2.75, 3.05) is 20.8 Å². The van der Waals surface area contributed by atoms with Crippen LogP contribution < -0.4 is 0 Å². The van der Waals surface area contributed by atoms with Gasteiger partial charge in [-0.3, -0.25) is 4.79 Å². The first-order valence-electron chi connectivity index (χ1n) is 18.3. The molecule has 0 aromatic carbocycles. The molecule has 52 heavy (non-hydrogen) atoms. The molecule has 5 rings (SSSR count). The van der Waals surface area contributed by atoms with Gasteiger partial charge in [-0.05, 0) is 52.2 Å². The van der Waals surface area contributed by atoms with Crippen LogP contribution in [0.5, 0.6) is 0 Å². The third-order valence-corrected chi connectivity index (χ3v) is 11.2. The van der Waals surface area contributed by atoms with E-state index in [0.717, 1.165) is 0 Å². The van der Waals surface area contributed by atoms with Gasteiger partial charge in [-0.25, -0.2) is 9.59 Å². The van der Waals surface area contributed by atoms with Gasteiger partial charge in [-0.2, -0.15) is 0 Å².